The maximum Gasteiger partial charge on any atom is 0.252 e. The minimum absolute atomic E-state index is 0.00939. The number of rotatable bonds is 3. The van der Waals surface area contributed by atoms with Crippen LogP contribution in [0.4, 0.5) is 4.39 Å². The van der Waals surface area contributed by atoms with Crippen molar-refractivity contribution in [1.82, 2.24) is 5.32 Å². The normalized spacial score (nSPS) is 17.4. The fraction of sp³-hybridized carbons (Fsp3) is 0.417. The van der Waals surface area contributed by atoms with E-state index in [1.807, 2.05) is 6.92 Å². The smallest absolute Gasteiger partial charge is 0.252 e. The van der Waals surface area contributed by atoms with Crippen LogP contribution in [-0.4, -0.2) is 25.7 Å². The number of hydrogen-bond donors (Lipinski definition) is 1. The molecule has 1 amide bonds. The summed E-state index contributed by atoms with van der Waals surface area (Å²) in [6.45, 7) is 3.88. The van der Waals surface area contributed by atoms with Gasteiger partial charge in [0.1, 0.15) is 5.82 Å². The van der Waals surface area contributed by atoms with Gasteiger partial charge in [-0.25, -0.2) is 4.39 Å². The Morgan fingerprint density at radius 2 is 2.29 bits per heavy atom. The van der Waals surface area contributed by atoms with Crippen LogP contribution in [0.3, 0.4) is 0 Å². The first-order chi connectivity index (χ1) is 8.02. The first-order valence-electron chi connectivity index (χ1n) is 5.32. The van der Waals surface area contributed by atoms with Crippen molar-refractivity contribution in [2.45, 2.75) is 6.92 Å². The van der Waals surface area contributed by atoms with E-state index in [1.165, 1.54) is 12.1 Å². The van der Waals surface area contributed by atoms with E-state index in [2.05, 4.69) is 21.2 Å². The average molecular weight is 302 g/mol. The zero-order chi connectivity index (χ0) is 12.5. The van der Waals surface area contributed by atoms with Crippen LogP contribution in [0.1, 0.15) is 17.3 Å². The van der Waals surface area contributed by atoms with E-state index >= 15 is 0 Å². The maximum atomic E-state index is 13.2. The van der Waals surface area contributed by atoms with Gasteiger partial charge < -0.3 is 10.1 Å². The van der Waals surface area contributed by atoms with Crippen LogP contribution in [0.2, 0.25) is 0 Å². The first-order valence-corrected chi connectivity index (χ1v) is 6.11. The molecule has 0 radical (unpaired) electrons. The summed E-state index contributed by atoms with van der Waals surface area (Å²) in [5.41, 5.74) is 0.323. The van der Waals surface area contributed by atoms with Gasteiger partial charge in [-0.05, 0) is 28.1 Å². The highest BCUT2D eigenvalue weighted by Crippen LogP contribution is 2.26. The Balaban J connectivity index is 2.02. The second kappa shape index (κ2) is 4.74. The Morgan fingerprint density at radius 3 is 2.88 bits per heavy atom. The molecule has 0 bridgehead atoms. The van der Waals surface area contributed by atoms with Gasteiger partial charge >= 0.3 is 0 Å². The Labute approximate surface area is 107 Å². The summed E-state index contributed by atoms with van der Waals surface area (Å²) in [4.78, 5) is 11.9. The molecule has 5 heteroatoms. The van der Waals surface area contributed by atoms with Crippen molar-refractivity contribution in [2.24, 2.45) is 5.41 Å². The predicted molar refractivity (Wildman–Crippen MR) is 65.4 cm³/mol. The fourth-order valence-corrected chi connectivity index (χ4v) is 2.07. The lowest BCUT2D eigenvalue weighted by atomic mass is 9.88. The first kappa shape index (κ1) is 12.5. The lowest BCUT2D eigenvalue weighted by molar-refractivity contribution is -0.0978. The second-order valence-electron chi connectivity index (χ2n) is 4.59. The Bertz CT molecular complexity index is 446. The molecule has 0 atom stereocenters. The molecule has 1 aliphatic rings. The summed E-state index contributed by atoms with van der Waals surface area (Å²) in [6, 6.07) is 4.41. The van der Waals surface area contributed by atoms with Crippen molar-refractivity contribution in [3.05, 3.63) is 34.1 Å². The van der Waals surface area contributed by atoms with E-state index in [4.69, 9.17) is 4.74 Å². The number of benzene rings is 1. The van der Waals surface area contributed by atoms with Crippen LogP contribution in [-0.2, 0) is 4.74 Å². The fourth-order valence-electron chi connectivity index (χ4n) is 1.62. The molecular formula is C12H13BrFNO2. The number of ether oxygens (including phenoxy) is 1. The zero-order valence-corrected chi connectivity index (χ0v) is 11.0. The number of amides is 1. The molecule has 1 heterocycles. The van der Waals surface area contributed by atoms with Crippen molar-refractivity contribution in [3.63, 3.8) is 0 Å². The molecule has 1 aromatic carbocycles. The summed E-state index contributed by atoms with van der Waals surface area (Å²) in [5.74, 6) is -0.708. The SMILES string of the molecule is CC1(CNC(=O)c2cccc(F)c2Br)COC1. The third-order valence-electron chi connectivity index (χ3n) is 2.77. The predicted octanol–water partition coefficient (Wildman–Crippen LogP) is 2.35. The molecule has 1 fully saturated rings. The van der Waals surface area contributed by atoms with Crippen LogP contribution in [0, 0.1) is 11.2 Å². The number of carbonyl (C=O) groups excluding carboxylic acids is 1. The monoisotopic (exact) mass is 301 g/mol. The summed E-state index contributed by atoms with van der Waals surface area (Å²) in [5, 5.41) is 2.79. The largest absolute Gasteiger partial charge is 0.380 e. The minimum atomic E-state index is -0.434. The van der Waals surface area contributed by atoms with E-state index in [9.17, 15) is 9.18 Å². The minimum Gasteiger partial charge on any atom is -0.380 e. The second-order valence-corrected chi connectivity index (χ2v) is 5.38. The lowest BCUT2D eigenvalue weighted by Crippen LogP contribution is -2.48. The van der Waals surface area contributed by atoms with Crippen LogP contribution in [0.25, 0.3) is 0 Å². The van der Waals surface area contributed by atoms with Crippen molar-refractivity contribution < 1.29 is 13.9 Å². The quantitative estimate of drug-likeness (QED) is 0.931. The van der Waals surface area contributed by atoms with Gasteiger partial charge in [0.15, 0.2) is 0 Å². The van der Waals surface area contributed by atoms with Gasteiger partial charge in [0.2, 0.25) is 0 Å². The average Bonchev–Trinajstić information content (AvgIpc) is 2.27. The number of nitrogens with one attached hydrogen (secondary N) is 1. The van der Waals surface area contributed by atoms with Crippen molar-refractivity contribution in [2.75, 3.05) is 19.8 Å². The highest BCUT2D eigenvalue weighted by molar-refractivity contribution is 9.10. The number of carbonyl (C=O) groups is 1. The van der Waals surface area contributed by atoms with Gasteiger partial charge in [0, 0.05) is 12.0 Å². The molecule has 0 aromatic heterocycles. The summed E-state index contributed by atoms with van der Waals surface area (Å²) >= 11 is 3.07. The highest BCUT2D eigenvalue weighted by atomic mass is 79.9. The topological polar surface area (TPSA) is 38.3 Å². The molecule has 2 rings (SSSR count). The molecule has 3 nitrogen and oxygen atoms in total. The standard InChI is InChI=1S/C12H13BrFNO2/c1-12(6-17-7-12)5-15-11(16)8-3-2-4-9(14)10(8)13/h2-4H,5-7H2,1H3,(H,15,16). The molecule has 1 aromatic rings. The maximum absolute atomic E-state index is 13.2. The van der Waals surface area contributed by atoms with Crippen molar-refractivity contribution >= 4 is 21.8 Å². The van der Waals surface area contributed by atoms with Gasteiger partial charge in [-0.1, -0.05) is 13.0 Å². The molecule has 17 heavy (non-hydrogen) atoms. The Morgan fingerprint density at radius 1 is 1.59 bits per heavy atom. The van der Waals surface area contributed by atoms with Gasteiger partial charge in [0.05, 0.1) is 23.2 Å². The highest BCUT2D eigenvalue weighted by Gasteiger charge is 2.33. The molecule has 1 aliphatic heterocycles. The van der Waals surface area contributed by atoms with E-state index in [0.717, 1.165) is 0 Å². The summed E-state index contributed by atoms with van der Waals surface area (Å²) in [6.07, 6.45) is 0. The number of halogens is 2. The third kappa shape index (κ3) is 2.66. The summed E-state index contributed by atoms with van der Waals surface area (Å²) in [7, 11) is 0. The molecule has 0 saturated carbocycles. The van der Waals surface area contributed by atoms with E-state index in [-0.39, 0.29) is 15.8 Å². The third-order valence-corrected chi connectivity index (χ3v) is 3.58. The molecule has 0 spiro atoms. The van der Waals surface area contributed by atoms with Crippen molar-refractivity contribution in [3.8, 4) is 0 Å². The Kier molecular flexibility index (Phi) is 3.49. The summed E-state index contributed by atoms with van der Waals surface area (Å²) < 4.78 is 18.5. The molecule has 0 unspecified atom stereocenters. The van der Waals surface area contributed by atoms with Crippen LogP contribution in [0.5, 0.6) is 0 Å². The lowest BCUT2D eigenvalue weighted by Gasteiger charge is -2.38. The van der Waals surface area contributed by atoms with Gasteiger partial charge in [-0.3, -0.25) is 4.79 Å². The van der Waals surface area contributed by atoms with Crippen LogP contribution in [0.15, 0.2) is 22.7 Å². The van der Waals surface area contributed by atoms with Gasteiger partial charge in [-0.2, -0.15) is 0 Å². The van der Waals surface area contributed by atoms with E-state index in [1.54, 1.807) is 6.07 Å². The Hall–Kier alpha value is -0.940. The number of hydrogen-bond acceptors (Lipinski definition) is 2. The van der Waals surface area contributed by atoms with E-state index in [0.29, 0.717) is 25.3 Å². The van der Waals surface area contributed by atoms with Gasteiger partial charge in [-0.15, -0.1) is 0 Å². The van der Waals surface area contributed by atoms with Crippen LogP contribution >= 0.6 is 15.9 Å². The molecule has 92 valence electrons. The van der Waals surface area contributed by atoms with Crippen LogP contribution < -0.4 is 5.32 Å². The van der Waals surface area contributed by atoms with E-state index < -0.39 is 5.82 Å². The molecule has 0 aliphatic carbocycles. The molecule has 1 N–H and O–H groups in total. The molecular weight excluding hydrogens is 289 g/mol. The molecule has 1 saturated heterocycles. The van der Waals surface area contributed by atoms with Crippen molar-refractivity contribution in [1.29, 1.82) is 0 Å². The van der Waals surface area contributed by atoms with Gasteiger partial charge in [0.25, 0.3) is 5.91 Å². The zero-order valence-electron chi connectivity index (χ0n) is 9.43.